The average Bonchev–Trinajstić information content (AvgIpc) is 2.75. The summed E-state index contributed by atoms with van der Waals surface area (Å²) >= 11 is 0. The molecule has 30 heavy (non-hydrogen) atoms. The zero-order valence-electron chi connectivity index (χ0n) is 19.3. The van der Waals surface area contributed by atoms with Crippen molar-refractivity contribution in [2.24, 2.45) is 29.6 Å². The van der Waals surface area contributed by atoms with Gasteiger partial charge in [0.15, 0.2) is 0 Å². The molecule has 1 nitrogen and oxygen atoms in total. The van der Waals surface area contributed by atoms with Crippen LogP contribution in [-0.2, 0) is 4.74 Å². The standard InChI is InChI=1S/C24H37F3O.C2H6/c1-2-3-18-4-6-19(7-5-18)8-9-20-10-12-21(13-11-20)22-14-16-23(17-15-22)28-24(25,26)27;1-2/h2-3,8-9,18-23H,4-7,10-17H2,1H3;1-2H3/b3-2+,9-8+;. The van der Waals surface area contributed by atoms with Gasteiger partial charge in [-0.2, -0.15) is 0 Å². The molecule has 174 valence electrons. The summed E-state index contributed by atoms with van der Waals surface area (Å²) in [4.78, 5) is 0. The Morgan fingerprint density at radius 3 is 1.37 bits per heavy atom. The maximum Gasteiger partial charge on any atom is 0.522 e. The zero-order chi connectivity index (χ0) is 22.0. The molecule has 0 spiro atoms. The summed E-state index contributed by atoms with van der Waals surface area (Å²) in [6, 6.07) is 0. The number of rotatable bonds is 5. The van der Waals surface area contributed by atoms with E-state index in [1.54, 1.807) is 0 Å². The van der Waals surface area contributed by atoms with E-state index in [0.717, 1.165) is 30.6 Å². The van der Waals surface area contributed by atoms with Crippen LogP contribution >= 0.6 is 0 Å². The van der Waals surface area contributed by atoms with E-state index in [-0.39, 0.29) is 0 Å². The lowest BCUT2D eigenvalue weighted by Crippen LogP contribution is -2.31. The predicted molar refractivity (Wildman–Crippen MR) is 119 cm³/mol. The molecule has 0 N–H and O–H groups in total. The van der Waals surface area contributed by atoms with E-state index in [2.05, 4.69) is 36.0 Å². The Morgan fingerprint density at radius 2 is 0.967 bits per heavy atom. The summed E-state index contributed by atoms with van der Waals surface area (Å²) in [6.45, 7) is 6.12. The lowest BCUT2D eigenvalue weighted by Gasteiger charge is -2.37. The Kier molecular flexibility index (Phi) is 11.0. The van der Waals surface area contributed by atoms with E-state index in [9.17, 15) is 13.2 Å². The Bertz CT molecular complexity index is 501. The summed E-state index contributed by atoms with van der Waals surface area (Å²) in [7, 11) is 0. The Hall–Kier alpha value is -0.770. The van der Waals surface area contributed by atoms with Gasteiger partial charge in [-0.25, -0.2) is 0 Å². The van der Waals surface area contributed by atoms with Crippen LogP contribution in [0.1, 0.15) is 97.8 Å². The molecule has 4 heteroatoms. The summed E-state index contributed by atoms with van der Waals surface area (Å²) in [5.41, 5.74) is 0. The van der Waals surface area contributed by atoms with Gasteiger partial charge in [0.25, 0.3) is 0 Å². The van der Waals surface area contributed by atoms with Crippen molar-refractivity contribution in [3.63, 3.8) is 0 Å². The van der Waals surface area contributed by atoms with Gasteiger partial charge in [-0.3, -0.25) is 4.74 Å². The quantitative estimate of drug-likeness (QED) is 0.397. The second-order valence-electron chi connectivity index (χ2n) is 9.36. The van der Waals surface area contributed by atoms with Crippen molar-refractivity contribution in [2.45, 2.75) is 110 Å². The molecule has 3 aliphatic carbocycles. The number of ether oxygens (including phenoxy) is 1. The number of hydrogen-bond donors (Lipinski definition) is 0. The Morgan fingerprint density at radius 1 is 0.600 bits per heavy atom. The minimum atomic E-state index is -4.48. The summed E-state index contributed by atoms with van der Waals surface area (Å²) in [5, 5.41) is 0. The van der Waals surface area contributed by atoms with Crippen molar-refractivity contribution in [2.75, 3.05) is 0 Å². The molecule has 0 saturated heterocycles. The van der Waals surface area contributed by atoms with Crippen LogP contribution in [0.5, 0.6) is 0 Å². The lowest BCUT2D eigenvalue weighted by molar-refractivity contribution is -0.346. The second kappa shape index (κ2) is 12.9. The molecule has 0 radical (unpaired) electrons. The first-order chi connectivity index (χ1) is 14.4. The van der Waals surface area contributed by atoms with Crippen molar-refractivity contribution in [3.8, 4) is 0 Å². The fraction of sp³-hybridized carbons (Fsp3) is 0.846. The molecule has 0 aromatic heterocycles. The molecule has 3 rings (SSSR count). The number of halogens is 3. The molecule has 0 aliphatic heterocycles. The van der Waals surface area contributed by atoms with Crippen molar-refractivity contribution in [1.29, 1.82) is 0 Å². The Balaban J connectivity index is 0.00000155. The minimum absolute atomic E-state index is 0.569. The molecule has 0 bridgehead atoms. The van der Waals surface area contributed by atoms with Crippen LogP contribution in [-0.4, -0.2) is 12.5 Å². The van der Waals surface area contributed by atoms with Crippen molar-refractivity contribution in [3.05, 3.63) is 24.3 Å². The van der Waals surface area contributed by atoms with Crippen LogP contribution in [0.4, 0.5) is 13.2 Å². The van der Waals surface area contributed by atoms with Gasteiger partial charge in [0.1, 0.15) is 0 Å². The molecular formula is C26H43F3O. The van der Waals surface area contributed by atoms with Gasteiger partial charge >= 0.3 is 6.36 Å². The number of hydrogen-bond acceptors (Lipinski definition) is 1. The van der Waals surface area contributed by atoms with Gasteiger partial charge in [-0.15, -0.1) is 13.2 Å². The molecule has 0 aromatic carbocycles. The SMILES string of the molecule is C/C=C/C1CCC(/C=C/C2CCC(C3CCC(OC(F)(F)F)CC3)CC2)CC1.CC. The summed E-state index contributed by atoms with van der Waals surface area (Å²) < 4.78 is 41.3. The lowest BCUT2D eigenvalue weighted by atomic mass is 9.70. The minimum Gasteiger partial charge on any atom is -0.289 e. The molecule has 3 saturated carbocycles. The van der Waals surface area contributed by atoms with Crippen molar-refractivity contribution < 1.29 is 17.9 Å². The molecule has 0 unspecified atom stereocenters. The number of alkyl halides is 3. The maximum atomic E-state index is 12.4. The molecule has 0 atom stereocenters. The van der Waals surface area contributed by atoms with E-state index in [0.29, 0.717) is 24.7 Å². The second-order valence-corrected chi connectivity index (χ2v) is 9.36. The third kappa shape index (κ3) is 8.77. The summed E-state index contributed by atoms with van der Waals surface area (Å²) in [5.74, 6) is 3.60. The highest BCUT2D eigenvalue weighted by Crippen LogP contribution is 2.42. The fourth-order valence-corrected chi connectivity index (χ4v) is 5.79. The van der Waals surface area contributed by atoms with Gasteiger partial charge in [-0.1, -0.05) is 38.2 Å². The number of allylic oxidation sites excluding steroid dienone is 4. The predicted octanol–water partition coefficient (Wildman–Crippen LogP) is 8.85. The van der Waals surface area contributed by atoms with Gasteiger partial charge in [0, 0.05) is 0 Å². The molecule has 3 fully saturated rings. The van der Waals surface area contributed by atoms with Gasteiger partial charge < -0.3 is 0 Å². The highest BCUT2D eigenvalue weighted by Gasteiger charge is 2.37. The van der Waals surface area contributed by atoms with Crippen LogP contribution in [0.15, 0.2) is 24.3 Å². The van der Waals surface area contributed by atoms with Crippen LogP contribution in [0.3, 0.4) is 0 Å². The zero-order valence-corrected chi connectivity index (χ0v) is 19.3. The van der Waals surface area contributed by atoms with Crippen molar-refractivity contribution >= 4 is 0 Å². The van der Waals surface area contributed by atoms with Crippen LogP contribution in [0.25, 0.3) is 0 Å². The van der Waals surface area contributed by atoms with E-state index in [4.69, 9.17) is 0 Å². The molecule has 0 amide bonds. The molecule has 3 aliphatic rings. The van der Waals surface area contributed by atoms with Gasteiger partial charge in [-0.05, 0) is 114 Å². The van der Waals surface area contributed by atoms with E-state index in [1.165, 1.54) is 51.4 Å². The van der Waals surface area contributed by atoms with E-state index < -0.39 is 12.5 Å². The van der Waals surface area contributed by atoms with Crippen LogP contribution < -0.4 is 0 Å². The Labute approximate surface area is 182 Å². The van der Waals surface area contributed by atoms with Gasteiger partial charge in [0.05, 0.1) is 6.10 Å². The topological polar surface area (TPSA) is 9.23 Å². The third-order valence-corrected chi connectivity index (χ3v) is 7.44. The first-order valence-electron chi connectivity index (χ1n) is 12.5. The normalized spacial score (nSPS) is 35.9. The van der Waals surface area contributed by atoms with E-state index >= 15 is 0 Å². The molecule has 0 heterocycles. The first kappa shape index (κ1) is 25.5. The van der Waals surface area contributed by atoms with Crippen LogP contribution in [0.2, 0.25) is 0 Å². The maximum absolute atomic E-state index is 12.4. The van der Waals surface area contributed by atoms with E-state index in [1.807, 2.05) is 13.8 Å². The van der Waals surface area contributed by atoms with Gasteiger partial charge in [0.2, 0.25) is 0 Å². The third-order valence-electron chi connectivity index (χ3n) is 7.44. The van der Waals surface area contributed by atoms with Crippen molar-refractivity contribution in [1.82, 2.24) is 0 Å². The summed E-state index contributed by atoms with van der Waals surface area (Å²) in [6.07, 6.45) is 17.7. The largest absolute Gasteiger partial charge is 0.522 e. The highest BCUT2D eigenvalue weighted by molar-refractivity contribution is 4.98. The highest BCUT2D eigenvalue weighted by atomic mass is 19.4. The molecule has 0 aromatic rings. The fourth-order valence-electron chi connectivity index (χ4n) is 5.79. The smallest absolute Gasteiger partial charge is 0.289 e. The average molecular weight is 429 g/mol. The van der Waals surface area contributed by atoms with Crippen LogP contribution in [0, 0.1) is 29.6 Å². The first-order valence-corrected chi connectivity index (χ1v) is 12.5. The monoisotopic (exact) mass is 428 g/mol. The molecular weight excluding hydrogens is 385 g/mol.